The van der Waals surface area contributed by atoms with Crippen LogP contribution < -0.4 is 15.2 Å². The van der Waals surface area contributed by atoms with E-state index in [2.05, 4.69) is 4.72 Å². The zero-order valence-corrected chi connectivity index (χ0v) is 12.2. The summed E-state index contributed by atoms with van der Waals surface area (Å²) >= 11 is 0. The lowest BCUT2D eigenvalue weighted by atomic mass is 10.0. The topological polar surface area (TPSA) is 102 Å². The van der Waals surface area contributed by atoms with E-state index in [0.717, 1.165) is 12.8 Å². The van der Waals surface area contributed by atoms with E-state index in [0.29, 0.717) is 18.6 Å². The first-order chi connectivity index (χ1) is 9.36. The van der Waals surface area contributed by atoms with Crippen LogP contribution in [0, 0.1) is 0 Å². The van der Waals surface area contributed by atoms with Gasteiger partial charge >= 0.3 is 0 Å². The largest absolute Gasteiger partial charge is 0.495 e. The van der Waals surface area contributed by atoms with E-state index in [1.54, 1.807) is 0 Å². The molecule has 112 valence electrons. The van der Waals surface area contributed by atoms with Gasteiger partial charge in [0.1, 0.15) is 5.75 Å². The molecule has 0 spiro atoms. The van der Waals surface area contributed by atoms with Crippen molar-refractivity contribution in [3.05, 3.63) is 18.2 Å². The highest BCUT2D eigenvalue weighted by Gasteiger charge is 2.32. The van der Waals surface area contributed by atoms with Crippen LogP contribution in [0.1, 0.15) is 25.7 Å². The van der Waals surface area contributed by atoms with E-state index in [4.69, 9.17) is 10.5 Å². The first-order valence-electron chi connectivity index (χ1n) is 6.52. The summed E-state index contributed by atoms with van der Waals surface area (Å²) in [5.41, 5.74) is 5.04. The molecule has 1 fully saturated rings. The lowest BCUT2D eigenvalue weighted by Crippen LogP contribution is -2.40. The normalized spacial score (nSPS) is 18.1. The van der Waals surface area contributed by atoms with Crippen molar-refractivity contribution < 1.29 is 18.3 Å². The summed E-state index contributed by atoms with van der Waals surface area (Å²) in [5.74, 6) is 0.429. The summed E-state index contributed by atoms with van der Waals surface area (Å²) in [6.45, 7) is 0.0290. The number of nitrogens with one attached hydrogen (secondary N) is 1. The second kappa shape index (κ2) is 5.59. The molecule has 20 heavy (non-hydrogen) atoms. The Morgan fingerprint density at radius 1 is 1.40 bits per heavy atom. The van der Waals surface area contributed by atoms with Gasteiger partial charge in [0.25, 0.3) is 0 Å². The van der Waals surface area contributed by atoms with E-state index < -0.39 is 15.6 Å². The molecule has 0 bridgehead atoms. The Morgan fingerprint density at radius 2 is 2.05 bits per heavy atom. The molecule has 1 aliphatic rings. The van der Waals surface area contributed by atoms with Crippen LogP contribution in [0.3, 0.4) is 0 Å². The monoisotopic (exact) mass is 300 g/mol. The first kappa shape index (κ1) is 15.1. The van der Waals surface area contributed by atoms with Crippen molar-refractivity contribution in [2.24, 2.45) is 0 Å². The maximum absolute atomic E-state index is 12.2. The number of benzene rings is 1. The summed E-state index contributed by atoms with van der Waals surface area (Å²) in [6, 6.07) is 4.28. The number of hydrogen-bond donors (Lipinski definition) is 3. The number of sulfonamides is 1. The molecule has 0 atom stereocenters. The minimum atomic E-state index is -3.68. The second-order valence-corrected chi connectivity index (χ2v) is 6.93. The molecule has 2 rings (SSSR count). The average Bonchev–Trinajstić information content (AvgIpc) is 2.84. The van der Waals surface area contributed by atoms with Crippen molar-refractivity contribution in [3.8, 4) is 5.75 Å². The lowest BCUT2D eigenvalue weighted by Gasteiger charge is -2.22. The fourth-order valence-electron chi connectivity index (χ4n) is 2.40. The summed E-state index contributed by atoms with van der Waals surface area (Å²) < 4.78 is 31.8. The second-order valence-electron chi connectivity index (χ2n) is 5.16. The molecule has 0 saturated heterocycles. The molecule has 1 aromatic rings. The van der Waals surface area contributed by atoms with Gasteiger partial charge in [0.2, 0.25) is 10.0 Å². The Morgan fingerprint density at radius 3 is 2.60 bits per heavy atom. The van der Waals surface area contributed by atoms with Crippen molar-refractivity contribution >= 4 is 15.7 Å². The van der Waals surface area contributed by atoms with Gasteiger partial charge in [0.05, 0.1) is 23.3 Å². The van der Waals surface area contributed by atoms with Crippen molar-refractivity contribution in [3.63, 3.8) is 0 Å². The number of methoxy groups -OCH3 is 1. The molecule has 0 unspecified atom stereocenters. The Kier molecular flexibility index (Phi) is 4.22. The van der Waals surface area contributed by atoms with E-state index >= 15 is 0 Å². The van der Waals surface area contributed by atoms with E-state index in [1.807, 2.05) is 0 Å². The van der Waals surface area contributed by atoms with Crippen LogP contribution in [0.15, 0.2) is 23.1 Å². The molecule has 0 heterocycles. The molecule has 6 nitrogen and oxygen atoms in total. The predicted molar refractivity (Wildman–Crippen MR) is 76.0 cm³/mol. The smallest absolute Gasteiger partial charge is 0.240 e. The third-order valence-corrected chi connectivity index (χ3v) is 5.04. The number of nitrogens with two attached hydrogens (primary N) is 1. The number of ether oxygens (including phenoxy) is 1. The van der Waals surface area contributed by atoms with Crippen molar-refractivity contribution in [2.45, 2.75) is 36.2 Å². The van der Waals surface area contributed by atoms with Crippen LogP contribution in [0.4, 0.5) is 5.69 Å². The van der Waals surface area contributed by atoms with Crippen LogP contribution in [0.2, 0.25) is 0 Å². The van der Waals surface area contributed by atoms with Gasteiger partial charge in [-0.15, -0.1) is 0 Å². The van der Waals surface area contributed by atoms with Gasteiger partial charge in [-0.2, -0.15) is 0 Å². The third-order valence-electron chi connectivity index (χ3n) is 3.64. The molecule has 0 aliphatic heterocycles. The van der Waals surface area contributed by atoms with Crippen molar-refractivity contribution in [1.82, 2.24) is 4.72 Å². The minimum absolute atomic E-state index is 0.0290. The molecule has 0 radical (unpaired) electrons. The molecule has 4 N–H and O–H groups in total. The van der Waals surface area contributed by atoms with Crippen LogP contribution in [-0.2, 0) is 10.0 Å². The summed E-state index contributed by atoms with van der Waals surface area (Å²) in [7, 11) is -2.21. The average molecular weight is 300 g/mol. The van der Waals surface area contributed by atoms with E-state index in [-0.39, 0.29) is 17.1 Å². The van der Waals surface area contributed by atoms with Gasteiger partial charge in [-0.3, -0.25) is 0 Å². The van der Waals surface area contributed by atoms with Gasteiger partial charge in [-0.25, -0.2) is 13.1 Å². The van der Waals surface area contributed by atoms with E-state index in [9.17, 15) is 13.5 Å². The maximum atomic E-state index is 12.2. The summed E-state index contributed by atoms with van der Waals surface area (Å²) in [6.07, 6.45) is 3.10. The van der Waals surface area contributed by atoms with Crippen LogP contribution >= 0.6 is 0 Å². The number of anilines is 1. The number of nitrogen functional groups attached to an aromatic ring is 1. The zero-order valence-electron chi connectivity index (χ0n) is 11.4. The molecule has 1 saturated carbocycles. The quantitative estimate of drug-likeness (QED) is 0.700. The standard InChI is InChI=1S/C13H20N2O4S/c1-19-12-5-4-10(8-11(12)14)20(17,18)15-9-13(16)6-2-3-7-13/h4-5,8,15-16H,2-3,6-7,9,14H2,1H3. The fourth-order valence-corrected chi connectivity index (χ4v) is 3.56. The van der Waals surface area contributed by atoms with Crippen LogP contribution in [-0.4, -0.2) is 32.8 Å². The Labute approximate surface area is 119 Å². The van der Waals surface area contributed by atoms with E-state index in [1.165, 1.54) is 25.3 Å². The van der Waals surface area contributed by atoms with Gasteiger partial charge in [0.15, 0.2) is 0 Å². The van der Waals surface area contributed by atoms with Gasteiger partial charge < -0.3 is 15.6 Å². The molecule has 7 heteroatoms. The molecule has 1 aliphatic carbocycles. The highest BCUT2D eigenvalue weighted by atomic mass is 32.2. The molecular weight excluding hydrogens is 280 g/mol. The maximum Gasteiger partial charge on any atom is 0.240 e. The SMILES string of the molecule is COc1ccc(S(=O)(=O)NCC2(O)CCCC2)cc1N. The summed E-state index contributed by atoms with van der Waals surface area (Å²) in [5, 5.41) is 10.2. The fraction of sp³-hybridized carbons (Fsp3) is 0.538. The minimum Gasteiger partial charge on any atom is -0.495 e. The highest BCUT2D eigenvalue weighted by molar-refractivity contribution is 7.89. The summed E-state index contributed by atoms with van der Waals surface area (Å²) in [4.78, 5) is 0.0670. The molecule has 0 aromatic heterocycles. The Balaban J connectivity index is 2.12. The van der Waals surface area contributed by atoms with Gasteiger partial charge in [-0.1, -0.05) is 12.8 Å². The van der Waals surface area contributed by atoms with Crippen LogP contribution in [0.25, 0.3) is 0 Å². The zero-order chi connectivity index (χ0) is 14.8. The van der Waals surface area contributed by atoms with Gasteiger partial charge in [-0.05, 0) is 31.0 Å². The van der Waals surface area contributed by atoms with Gasteiger partial charge in [0, 0.05) is 6.54 Å². The highest BCUT2D eigenvalue weighted by Crippen LogP contribution is 2.29. The molecule has 1 aromatic carbocycles. The number of hydrogen-bond acceptors (Lipinski definition) is 5. The van der Waals surface area contributed by atoms with Crippen molar-refractivity contribution in [2.75, 3.05) is 19.4 Å². The Hall–Kier alpha value is -1.31. The Bertz CT molecular complexity index is 580. The first-order valence-corrected chi connectivity index (χ1v) is 8.00. The van der Waals surface area contributed by atoms with Crippen LogP contribution in [0.5, 0.6) is 5.75 Å². The number of aliphatic hydroxyl groups is 1. The molecular formula is C13H20N2O4S. The predicted octanol–water partition coefficient (Wildman–Crippen LogP) is 0.861. The number of rotatable bonds is 5. The third kappa shape index (κ3) is 3.23. The van der Waals surface area contributed by atoms with Crippen molar-refractivity contribution in [1.29, 1.82) is 0 Å². The molecule has 0 amide bonds. The lowest BCUT2D eigenvalue weighted by molar-refractivity contribution is 0.0532.